The first-order chi connectivity index (χ1) is 12.6. The smallest absolute Gasteiger partial charge is 0.319 e. The van der Waals surface area contributed by atoms with Gasteiger partial charge in [-0.1, -0.05) is 36.4 Å². The van der Waals surface area contributed by atoms with Crippen molar-refractivity contribution in [3.63, 3.8) is 0 Å². The lowest BCUT2D eigenvalue weighted by Gasteiger charge is -2.46. The van der Waals surface area contributed by atoms with Gasteiger partial charge in [0, 0.05) is 30.8 Å². The lowest BCUT2D eigenvalue weighted by Crippen LogP contribution is -2.51. The third-order valence-electron chi connectivity index (χ3n) is 5.43. The molecule has 5 nitrogen and oxygen atoms in total. The second-order valence-electron chi connectivity index (χ2n) is 7.35. The third kappa shape index (κ3) is 3.53. The van der Waals surface area contributed by atoms with Crippen LogP contribution in [0, 0.1) is 0 Å². The van der Waals surface area contributed by atoms with Gasteiger partial charge in [-0.15, -0.1) is 0 Å². The highest BCUT2D eigenvalue weighted by atomic mass is 16.5. The van der Waals surface area contributed by atoms with Gasteiger partial charge in [-0.05, 0) is 38.1 Å². The van der Waals surface area contributed by atoms with E-state index in [1.165, 1.54) is 0 Å². The van der Waals surface area contributed by atoms with Crippen LogP contribution in [0.2, 0.25) is 0 Å². The zero-order chi connectivity index (χ0) is 18.0. The van der Waals surface area contributed by atoms with E-state index >= 15 is 0 Å². The van der Waals surface area contributed by atoms with E-state index < -0.39 is 0 Å². The maximum Gasteiger partial charge on any atom is 0.319 e. The number of nitrogens with one attached hydrogen (secondary N) is 2. The van der Waals surface area contributed by atoms with Crippen LogP contribution in [-0.2, 0) is 0 Å². The molecule has 2 aliphatic heterocycles. The molecule has 1 atom stereocenters. The van der Waals surface area contributed by atoms with Crippen LogP contribution in [0.25, 0.3) is 0 Å². The summed E-state index contributed by atoms with van der Waals surface area (Å²) in [6.07, 6.45) is 2.77. The number of amides is 2. The van der Waals surface area contributed by atoms with Gasteiger partial charge in [-0.3, -0.25) is 0 Å². The molecule has 26 heavy (non-hydrogen) atoms. The summed E-state index contributed by atoms with van der Waals surface area (Å²) >= 11 is 0. The number of anilines is 1. The van der Waals surface area contributed by atoms with E-state index in [4.69, 9.17) is 4.74 Å². The first kappa shape index (κ1) is 16.9. The van der Waals surface area contributed by atoms with Crippen molar-refractivity contribution in [2.75, 3.05) is 25.5 Å². The number of carbonyl (C=O) groups is 1. The van der Waals surface area contributed by atoms with Crippen molar-refractivity contribution < 1.29 is 9.53 Å². The minimum Gasteiger partial charge on any atom is -0.487 e. The summed E-state index contributed by atoms with van der Waals surface area (Å²) in [5.74, 6) is 0.897. The average molecular weight is 351 g/mol. The number of hydrogen-bond acceptors (Lipinski definition) is 3. The summed E-state index contributed by atoms with van der Waals surface area (Å²) in [6.45, 7) is 2.04. The number of para-hydroxylation sites is 2. The third-order valence-corrected chi connectivity index (χ3v) is 5.43. The molecule has 1 saturated heterocycles. The molecule has 0 radical (unpaired) electrons. The summed E-state index contributed by atoms with van der Waals surface area (Å²) in [7, 11) is 2.15. The van der Waals surface area contributed by atoms with Crippen LogP contribution in [0.3, 0.4) is 0 Å². The Morgan fingerprint density at radius 3 is 2.54 bits per heavy atom. The fraction of sp³-hybridized carbons (Fsp3) is 0.381. The Balaban J connectivity index is 1.53. The van der Waals surface area contributed by atoms with Gasteiger partial charge >= 0.3 is 6.03 Å². The second-order valence-corrected chi connectivity index (χ2v) is 7.35. The fourth-order valence-electron chi connectivity index (χ4n) is 3.93. The number of rotatable bonds is 2. The maximum atomic E-state index is 12.5. The molecule has 2 aromatic rings. The van der Waals surface area contributed by atoms with Crippen molar-refractivity contribution in [2.45, 2.75) is 30.9 Å². The summed E-state index contributed by atoms with van der Waals surface area (Å²) in [5.41, 5.74) is 1.66. The number of benzene rings is 2. The van der Waals surface area contributed by atoms with E-state index in [9.17, 15) is 4.79 Å². The Morgan fingerprint density at radius 2 is 1.77 bits per heavy atom. The first-order valence-electron chi connectivity index (χ1n) is 9.23. The Kier molecular flexibility index (Phi) is 4.55. The van der Waals surface area contributed by atoms with Crippen LogP contribution in [0.4, 0.5) is 10.5 Å². The number of urea groups is 1. The molecule has 4 rings (SSSR count). The molecule has 0 aromatic heterocycles. The molecular weight excluding hydrogens is 326 g/mol. The van der Waals surface area contributed by atoms with Gasteiger partial charge < -0.3 is 20.3 Å². The fourth-order valence-corrected chi connectivity index (χ4v) is 3.93. The second kappa shape index (κ2) is 7.00. The quantitative estimate of drug-likeness (QED) is 0.865. The molecule has 0 bridgehead atoms. The Morgan fingerprint density at radius 1 is 1.08 bits per heavy atom. The largest absolute Gasteiger partial charge is 0.487 e. The molecule has 2 heterocycles. The topological polar surface area (TPSA) is 53.6 Å². The SMILES string of the molecule is CN1CCC2(CC1)C[C@@H](NC(=O)Nc1ccccc1)c1ccccc1O2. The highest BCUT2D eigenvalue weighted by molar-refractivity contribution is 5.89. The number of likely N-dealkylation sites (tertiary alicyclic amines) is 1. The standard InChI is InChI=1S/C21H25N3O2/c1-24-13-11-21(12-14-24)15-18(17-9-5-6-10-19(17)26-21)23-20(25)22-16-7-3-2-4-8-16/h2-10,18H,11-15H2,1H3,(H2,22,23,25)/t18-/m1/s1. The summed E-state index contributed by atoms with van der Waals surface area (Å²) in [5, 5.41) is 6.08. The van der Waals surface area contributed by atoms with Gasteiger partial charge in [0.1, 0.15) is 11.4 Å². The highest BCUT2D eigenvalue weighted by Gasteiger charge is 2.43. The van der Waals surface area contributed by atoms with Crippen LogP contribution >= 0.6 is 0 Å². The molecule has 2 aliphatic rings. The van der Waals surface area contributed by atoms with Gasteiger partial charge in [0.05, 0.1) is 6.04 Å². The molecule has 0 saturated carbocycles. The lowest BCUT2D eigenvalue weighted by atomic mass is 9.80. The van der Waals surface area contributed by atoms with Crippen LogP contribution in [0.5, 0.6) is 5.75 Å². The monoisotopic (exact) mass is 351 g/mol. The molecule has 136 valence electrons. The van der Waals surface area contributed by atoms with Crippen LogP contribution in [0.15, 0.2) is 54.6 Å². The van der Waals surface area contributed by atoms with E-state index in [2.05, 4.69) is 22.6 Å². The van der Waals surface area contributed by atoms with E-state index in [0.717, 1.165) is 49.4 Å². The van der Waals surface area contributed by atoms with Crippen molar-refractivity contribution >= 4 is 11.7 Å². The Hall–Kier alpha value is -2.53. The molecule has 2 amide bonds. The average Bonchev–Trinajstić information content (AvgIpc) is 2.65. The number of ether oxygens (including phenoxy) is 1. The molecule has 1 fully saturated rings. The number of carbonyl (C=O) groups excluding carboxylic acids is 1. The van der Waals surface area contributed by atoms with E-state index in [-0.39, 0.29) is 17.7 Å². The van der Waals surface area contributed by atoms with Crippen molar-refractivity contribution in [1.29, 1.82) is 0 Å². The van der Waals surface area contributed by atoms with Gasteiger partial charge in [0.25, 0.3) is 0 Å². The summed E-state index contributed by atoms with van der Waals surface area (Å²) in [4.78, 5) is 14.9. The lowest BCUT2D eigenvalue weighted by molar-refractivity contribution is -0.0188. The minimum absolute atomic E-state index is 0.0490. The molecular formula is C21H25N3O2. The highest BCUT2D eigenvalue weighted by Crippen LogP contribution is 2.44. The number of fused-ring (bicyclic) bond motifs is 1. The summed E-state index contributed by atoms with van der Waals surface area (Å²) < 4.78 is 6.44. The molecule has 0 aliphatic carbocycles. The van der Waals surface area contributed by atoms with E-state index in [1.54, 1.807) is 0 Å². The maximum absolute atomic E-state index is 12.5. The van der Waals surface area contributed by atoms with Crippen molar-refractivity contribution in [2.24, 2.45) is 0 Å². The van der Waals surface area contributed by atoms with Crippen molar-refractivity contribution in [3.05, 3.63) is 60.2 Å². The van der Waals surface area contributed by atoms with Crippen molar-refractivity contribution in [3.8, 4) is 5.75 Å². The van der Waals surface area contributed by atoms with E-state index in [0.29, 0.717) is 0 Å². The van der Waals surface area contributed by atoms with Crippen LogP contribution in [-0.4, -0.2) is 36.7 Å². The molecule has 0 unspecified atom stereocenters. The van der Waals surface area contributed by atoms with Gasteiger partial charge in [-0.2, -0.15) is 0 Å². The van der Waals surface area contributed by atoms with Crippen molar-refractivity contribution in [1.82, 2.24) is 10.2 Å². The van der Waals surface area contributed by atoms with E-state index in [1.807, 2.05) is 54.6 Å². The number of hydrogen-bond donors (Lipinski definition) is 2. The van der Waals surface area contributed by atoms with Crippen LogP contribution < -0.4 is 15.4 Å². The first-order valence-corrected chi connectivity index (χ1v) is 9.23. The van der Waals surface area contributed by atoms with Crippen LogP contribution in [0.1, 0.15) is 30.9 Å². The minimum atomic E-state index is -0.189. The number of nitrogens with zero attached hydrogens (tertiary/aromatic N) is 1. The van der Waals surface area contributed by atoms with Gasteiger partial charge in [0.2, 0.25) is 0 Å². The molecule has 2 aromatic carbocycles. The predicted molar refractivity (Wildman–Crippen MR) is 102 cm³/mol. The molecule has 5 heteroatoms. The normalized spacial score (nSPS) is 21.5. The Labute approximate surface area is 154 Å². The predicted octanol–water partition coefficient (Wildman–Crippen LogP) is 3.80. The number of piperidine rings is 1. The molecule has 1 spiro atoms. The zero-order valence-electron chi connectivity index (χ0n) is 15.1. The molecule has 2 N–H and O–H groups in total. The van der Waals surface area contributed by atoms with Gasteiger partial charge in [-0.25, -0.2) is 4.79 Å². The van der Waals surface area contributed by atoms with Gasteiger partial charge in [0.15, 0.2) is 0 Å². The Bertz CT molecular complexity index is 770. The zero-order valence-corrected chi connectivity index (χ0v) is 15.1. The summed E-state index contributed by atoms with van der Waals surface area (Å²) in [6, 6.07) is 17.3.